The van der Waals surface area contributed by atoms with E-state index >= 15 is 0 Å². The fourth-order valence-corrected chi connectivity index (χ4v) is 3.18. The van der Waals surface area contributed by atoms with E-state index in [0.717, 1.165) is 18.2 Å². The molecule has 33 heavy (non-hydrogen) atoms. The minimum Gasteiger partial charge on any atom is -0.443 e. The van der Waals surface area contributed by atoms with Gasteiger partial charge in [0.05, 0.1) is 5.69 Å². The first-order valence-electron chi connectivity index (χ1n) is 10.1. The Kier molecular flexibility index (Phi) is 6.58. The van der Waals surface area contributed by atoms with Crippen LogP contribution in [0.3, 0.4) is 0 Å². The third-order valence-electron chi connectivity index (χ3n) is 4.61. The Morgan fingerprint density at radius 3 is 2.12 bits per heavy atom. The predicted molar refractivity (Wildman–Crippen MR) is 119 cm³/mol. The van der Waals surface area contributed by atoms with Crippen LogP contribution in [0.2, 0.25) is 0 Å². The van der Waals surface area contributed by atoms with Crippen molar-refractivity contribution >= 4 is 23.4 Å². The van der Waals surface area contributed by atoms with Crippen molar-refractivity contribution in [2.75, 3.05) is 4.90 Å². The summed E-state index contributed by atoms with van der Waals surface area (Å²) in [7, 11) is 0. The molecule has 5 nitrogen and oxygen atoms in total. The summed E-state index contributed by atoms with van der Waals surface area (Å²) < 4.78 is 49.5. The second-order valence-corrected chi connectivity index (χ2v) is 8.49. The topological polar surface area (TPSA) is 59.5 Å². The van der Waals surface area contributed by atoms with Gasteiger partial charge in [-0.2, -0.15) is 0 Å². The van der Waals surface area contributed by atoms with Gasteiger partial charge in [-0.1, -0.05) is 12.1 Å². The number of pyridine rings is 1. The number of nitrogens with zero attached hydrogens (tertiary/aromatic N) is 2. The van der Waals surface area contributed by atoms with E-state index in [-0.39, 0.29) is 22.6 Å². The predicted octanol–water partition coefficient (Wildman–Crippen LogP) is 6.75. The number of aryl methyl sites for hydroxylation is 1. The first-order chi connectivity index (χ1) is 15.4. The smallest absolute Gasteiger partial charge is 0.420 e. The lowest BCUT2D eigenvalue weighted by molar-refractivity contribution is 0.0596. The average molecular weight is 456 g/mol. The number of hydrogen-bond donors (Lipinski definition) is 0. The molecule has 0 bridgehead atoms. The summed E-state index contributed by atoms with van der Waals surface area (Å²) >= 11 is 0. The Hall–Kier alpha value is -3.68. The van der Waals surface area contributed by atoms with E-state index in [4.69, 9.17) is 4.74 Å². The molecule has 0 saturated heterocycles. The average Bonchev–Trinajstić information content (AvgIpc) is 2.69. The summed E-state index contributed by atoms with van der Waals surface area (Å²) in [6.45, 7) is 7.78. The zero-order valence-electron chi connectivity index (χ0n) is 18.9. The van der Waals surface area contributed by atoms with Gasteiger partial charge < -0.3 is 4.74 Å². The van der Waals surface area contributed by atoms with Gasteiger partial charge in [-0.05, 0) is 76.6 Å². The maximum absolute atomic E-state index is 14.8. The summed E-state index contributed by atoms with van der Waals surface area (Å²) in [4.78, 5) is 30.2. The number of ketones is 1. The minimum absolute atomic E-state index is 0.00537. The number of hydrogen-bond acceptors (Lipinski definition) is 4. The number of ether oxygens (including phenoxy) is 1. The van der Waals surface area contributed by atoms with Crippen molar-refractivity contribution in [2.45, 2.75) is 40.2 Å². The van der Waals surface area contributed by atoms with E-state index in [1.807, 2.05) is 0 Å². The van der Waals surface area contributed by atoms with E-state index in [1.165, 1.54) is 31.2 Å². The summed E-state index contributed by atoms with van der Waals surface area (Å²) in [6, 6.07) is 10.1. The number of carbonyl (C=O) groups excluding carboxylic acids is 2. The van der Waals surface area contributed by atoms with Crippen molar-refractivity contribution in [2.24, 2.45) is 0 Å². The summed E-state index contributed by atoms with van der Waals surface area (Å²) in [5.41, 5.74) is -1.01. The minimum atomic E-state index is -1.09. The zero-order valence-corrected chi connectivity index (χ0v) is 18.9. The molecule has 8 heteroatoms. The lowest BCUT2D eigenvalue weighted by Gasteiger charge is -2.27. The highest BCUT2D eigenvalue weighted by Gasteiger charge is 2.31. The van der Waals surface area contributed by atoms with Crippen molar-refractivity contribution in [3.05, 3.63) is 77.1 Å². The number of carbonyl (C=O) groups is 2. The van der Waals surface area contributed by atoms with Crippen LogP contribution in [0, 0.1) is 24.4 Å². The number of para-hydroxylation sites is 1. The summed E-state index contributed by atoms with van der Waals surface area (Å²) in [5, 5.41) is 0. The van der Waals surface area contributed by atoms with E-state index in [2.05, 4.69) is 4.98 Å². The van der Waals surface area contributed by atoms with Gasteiger partial charge in [0.1, 0.15) is 34.6 Å². The summed E-state index contributed by atoms with van der Waals surface area (Å²) in [6.07, 6.45) is -1.09. The standard InChI is InChI=1S/C25H23F3N2O3/c1-14-9-10-17(20(28)13-14)22-16(15(2)31)11-12-21(29-22)30(24(32)33-25(3,4)5)23-18(26)7-6-8-19(23)27/h6-13H,1-5H3. The Labute approximate surface area is 189 Å². The number of Topliss-reactive ketones (excluding diaryl/α,β-unsaturated/α-hetero) is 1. The molecule has 0 fully saturated rings. The van der Waals surface area contributed by atoms with Crippen LogP contribution >= 0.6 is 0 Å². The second kappa shape index (κ2) is 9.05. The molecule has 0 aliphatic rings. The molecule has 0 aliphatic carbocycles. The molecule has 3 rings (SSSR count). The van der Waals surface area contributed by atoms with Gasteiger partial charge in [0, 0.05) is 11.1 Å². The Bertz CT molecular complexity index is 1220. The molecular formula is C25H23F3N2O3. The third kappa shape index (κ3) is 5.22. The zero-order chi connectivity index (χ0) is 24.5. The highest BCUT2D eigenvalue weighted by atomic mass is 19.1. The van der Waals surface area contributed by atoms with Crippen LogP contribution in [0.25, 0.3) is 11.3 Å². The molecule has 0 saturated carbocycles. The van der Waals surface area contributed by atoms with Gasteiger partial charge >= 0.3 is 6.09 Å². The lowest BCUT2D eigenvalue weighted by Crippen LogP contribution is -2.35. The van der Waals surface area contributed by atoms with E-state index in [9.17, 15) is 22.8 Å². The van der Waals surface area contributed by atoms with Crippen LogP contribution in [0.1, 0.15) is 43.6 Å². The van der Waals surface area contributed by atoms with E-state index in [1.54, 1.807) is 33.8 Å². The summed E-state index contributed by atoms with van der Waals surface area (Å²) in [5.74, 6) is -3.33. The molecule has 172 valence electrons. The molecule has 3 aromatic rings. The normalized spacial score (nSPS) is 11.3. The molecule has 0 unspecified atom stereocenters. The van der Waals surface area contributed by atoms with Crippen molar-refractivity contribution < 1.29 is 27.5 Å². The van der Waals surface area contributed by atoms with Crippen molar-refractivity contribution in [3.63, 3.8) is 0 Å². The molecule has 0 aliphatic heterocycles. The Morgan fingerprint density at radius 1 is 0.939 bits per heavy atom. The maximum Gasteiger partial charge on any atom is 0.420 e. The fourth-order valence-electron chi connectivity index (χ4n) is 3.18. The van der Waals surface area contributed by atoms with Gasteiger partial charge in [0.25, 0.3) is 0 Å². The molecule has 1 amide bonds. The van der Waals surface area contributed by atoms with Gasteiger partial charge in [0.2, 0.25) is 0 Å². The first kappa shape index (κ1) is 24.0. The van der Waals surface area contributed by atoms with Crippen LogP contribution in [0.15, 0.2) is 48.5 Å². The van der Waals surface area contributed by atoms with Crippen molar-refractivity contribution in [1.29, 1.82) is 0 Å². The van der Waals surface area contributed by atoms with Gasteiger partial charge in [-0.15, -0.1) is 0 Å². The molecule has 0 atom stereocenters. The van der Waals surface area contributed by atoms with Crippen LogP contribution < -0.4 is 4.90 Å². The highest BCUT2D eigenvalue weighted by molar-refractivity contribution is 6.01. The number of amides is 1. The molecule has 0 radical (unpaired) electrons. The van der Waals surface area contributed by atoms with Crippen molar-refractivity contribution in [3.8, 4) is 11.3 Å². The number of halogens is 3. The van der Waals surface area contributed by atoms with Gasteiger partial charge in [0.15, 0.2) is 5.78 Å². The molecule has 1 aromatic heterocycles. The van der Waals surface area contributed by atoms with Crippen LogP contribution in [-0.2, 0) is 4.74 Å². The van der Waals surface area contributed by atoms with Gasteiger partial charge in [-0.3, -0.25) is 4.79 Å². The van der Waals surface area contributed by atoms with Gasteiger partial charge in [-0.25, -0.2) is 27.8 Å². The van der Waals surface area contributed by atoms with Crippen LogP contribution in [0.5, 0.6) is 0 Å². The molecule has 1 heterocycles. The third-order valence-corrected chi connectivity index (χ3v) is 4.61. The first-order valence-corrected chi connectivity index (χ1v) is 10.1. The quantitative estimate of drug-likeness (QED) is 0.408. The molecule has 0 spiro atoms. The largest absolute Gasteiger partial charge is 0.443 e. The maximum atomic E-state index is 14.8. The van der Waals surface area contributed by atoms with E-state index < -0.39 is 40.6 Å². The number of anilines is 2. The van der Waals surface area contributed by atoms with E-state index in [0.29, 0.717) is 10.5 Å². The molecule has 2 aromatic carbocycles. The molecular weight excluding hydrogens is 433 g/mol. The highest BCUT2D eigenvalue weighted by Crippen LogP contribution is 2.34. The number of benzene rings is 2. The Morgan fingerprint density at radius 2 is 1.58 bits per heavy atom. The van der Waals surface area contributed by atoms with Crippen molar-refractivity contribution in [1.82, 2.24) is 4.98 Å². The van der Waals surface area contributed by atoms with Crippen LogP contribution in [0.4, 0.5) is 29.5 Å². The fraction of sp³-hybridized carbons (Fsp3) is 0.240. The monoisotopic (exact) mass is 456 g/mol. The van der Waals surface area contributed by atoms with Crippen LogP contribution in [-0.4, -0.2) is 22.5 Å². The number of rotatable bonds is 4. The second-order valence-electron chi connectivity index (χ2n) is 8.49. The number of aromatic nitrogens is 1. The molecule has 0 N–H and O–H groups in total. The SMILES string of the molecule is CC(=O)c1ccc(N(C(=O)OC(C)(C)C)c2c(F)cccc2F)nc1-c1ccc(C)cc1F. The Balaban J connectivity index is 2.28. The lowest BCUT2D eigenvalue weighted by atomic mass is 10.0.